The molecule has 206 valence electrons. The molecule has 0 aliphatic heterocycles. The van der Waals surface area contributed by atoms with Crippen molar-refractivity contribution in [2.24, 2.45) is 34.5 Å². The number of ether oxygens (including phenoxy) is 1. The second kappa shape index (κ2) is 12.5. The summed E-state index contributed by atoms with van der Waals surface area (Å²) in [7, 11) is 0. The molecule has 37 heavy (non-hydrogen) atoms. The number of ketones is 1. The predicted molar refractivity (Wildman–Crippen MR) is 155 cm³/mol. The van der Waals surface area contributed by atoms with Gasteiger partial charge in [-0.1, -0.05) is 41.5 Å². The fourth-order valence-electron chi connectivity index (χ4n) is 5.32. The highest BCUT2D eigenvalue weighted by Gasteiger charge is 2.54. The van der Waals surface area contributed by atoms with E-state index in [0.29, 0.717) is 34.1 Å². The summed E-state index contributed by atoms with van der Waals surface area (Å²) in [6, 6.07) is 5.06. The van der Waals surface area contributed by atoms with E-state index < -0.39 is 0 Å². The summed E-state index contributed by atoms with van der Waals surface area (Å²) < 4.78 is 5.59. The lowest BCUT2D eigenvalue weighted by molar-refractivity contribution is -0.121. The van der Waals surface area contributed by atoms with Gasteiger partial charge in [0.05, 0.1) is 0 Å². The summed E-state index contributed by atoms with van der Waals surface area (Å²) in [4.78, 5) is 21.7. The Morgan fingerprint density at radius 1 is 0.946 bits per heavy atom. The van der Waals surface area contributed by atoms with Gasteiger partial charge >= 0.3 is 0 Å². The van der Waals surface area contributed by atoms with E-state index in [-0.39, 0.29) is 11.0 Å². The molecule has 1 aromatic carbocycles. The van der Waals surface area contributed by atoms with Gasteiger partial charge in [0.2, 0.25) is 0 Å². The zero-order chi connectivity index (χ0) is 28.0. The number of carbonyl (C=O) groups excluding carboxylic acids is 2. The van der Waals surface area contributed by atoms with E-state index in [9.17, 15) is 9.59 Å². The number of aldehydes is 1. The van der Waals surface area contributed by atoms with E-state index in [1.165, 1.54) is 12.8 Å². The number of fused-ring (bicyclic) bond motifs is 1. The maximum Gasteiger partial charge on any atom is 0.152 e. The lowest BCUT2D eigenvalue weighted by Crippen LogP contribution is -2.23. The average Bonchev–Trinajstić information content (AvgIpc) is 3.61. The van der Waals surface area contributed by atoms with Gasteiger partial charge in [-0.3, -0.25) is 9.59 Å². The van der Waals surface area contributed by atoms with Crippen LogP contribution in [-0.2, 0) is 4.79 Å². The minimum Gasteiger partial charge on any atom is -0.488 e. The van der Waals surface area contributed by atoms with E-state index in [0.717, 1.165) is 56.1 Å². The van der Waals surface area contributed by atoms with E-state index in [4.69, 9.17) is 10.5 Å². The number of anilines is 1. The normalized spacial score (nSPS) is 22.7. The van der Waals surface area contributed by atoms with Gasteiger partial charge in [-0.15, -0.1) is 11.8 Å². The van der Waals surface area contributed by atoms with Crippen molar-refractivity contribution >= 4 is 17.8 Å². The van der Waals surface area contributed by atoms with Crippen molar-refractivity contribution < 1.29 is 14.3 Å². The summed E-state index contributed by atoms with van der Waals surface area (Å²) in [6.07, 6.45) is 8.80. The maximum absolute atomic E-state index is 11.2. The first-order valence-corrected chi connectivity index (χ1v) is 14.0. The van der Waals surface area contributed by atoms with Crippen LogP contribution in [0.2, 0.25) is 0 Å². The molecule has 2 fully saturated rings. The molecule has 4 rings (SSSR count). The van der Waals surface area contributed by atoms with Crippen LogP contribution in [0.3, 0.4) is 0 Å². The topological polar surface area (TPSA) is 69.4 Å². The van der Waals surface area contributed by atoms with Crippen molar-refractivity contribution in [3.8, 4) is 17.6 Å². The van der Waals surface area contributed by atoms with Gasteiger partial charge in [0.15, 0.2) is 6.29 Å². The van der Waals surface area contributed by atoms with E-state index in [2.05, 4.69) is 53.4 Å². The fourth-order valence-corrected chi connectivity index (χ4v) is 5.32. The highest BCUT2D eigenvalue weighted by atomic mass is 16.5. The number of nitrogen functional groups attached to an aromatic ring is 1. The molecule has 2 unspecified atom stereocenters. The number of benzene rings is 1. The molecular formula is C33H51NO3. The lowest BCUT2D eigenvalue weighted by atomic mass is 9.87. The number of carbonyl (C=O) groups is 2. The molecule has 0 amide bonds. The van der Waals surface area contributed by atoms with Gasteiger partial charge in [-0.25, -0.2) is 0 Å². The SMILES string of the molecule is CC(C)(C)C1C2CCC#CCCC21.CC(C)(C)CC(=O)C1CC1.CC(C)(C)Oc1ccc(C=O)c(N)c1. The molecule has 0 bridgehead atoms. The maximum atomic E-state index is 11.2. The second-order valence-electron chi connectivity index (χ2n) is 14.3. The van der Waals surface area contributed by atoms with Crippen LogP contribution in [0.4, 0.5) is 5.69 Å². The van der Waals surface area contributed by atoms with Gasteiger partial charge in [-0.05, 0) is 87.2 Å². The molecule has 3 aliphatic carbocycles. The van der Waals surface area contributed by atoms with Crippen LogP contribution in [0.15, 0.2) is 18.2 Å². The molecule has 4 nitrogen and oxygen atoms in total. The zero-order valence-electron chi connectivity index (χ0n) is 24.9. The van der Waals surface area contributed by atoms with Crippen LogP contribution < -0.4 is 10.5 Å². The molecular weight excluding hydrogens is 458 g/mol. The minimum atomic E-state index is -0.255. The molecule has 0 aromatic heterocycles. The first kappa shape index (κ1) is 30.9. The third-order valence-electron chi connectivity index (χ3n) is 7.01. The Balaban J connectivity index is 0.000000198. The lowest BCUT2D eigenvalue weighted by Gasteiger charge is -2.21. The van der Waals surface area contributed by atoms with Crippen molar-refractivity contribution in [3.05, 3.63) is 23.8 Å². The van der Waals surface area contributed by atoms with Gasteiger partial charge in [0.25, 0.3) is 0 Å². The summed E-state index contributed by atoms with van der Waals surface area (Å²) in [6.45, 7) is 19.4. The Labute approximate surface area is 226 Å². The standard InChI is InChI=1S/C13H20.C11H15NO2.C9H16O/c1-13(2,3)12-10-8-6-4-5-7-9-11(10)12;1-11(2,3)14-9-5-4-8(7-13)10(12)6-9;1-9(2,3)6-8(10)7-4-5-7/h10-12H,6-9H2,1-3H3;4-7H,12H2,1-3H3;7H,4-6H2,1-3H3. The van der Waals surface area contributed by atoms with Crippen LogP contribution in [0.25, 0.3) is 0 Å². The summed E-state index contributed by atoms with van der Waals surface area (Å²) in [5.74, 6) is 11.1. The minimum absolute atomic E-state index is 0.194. The van der Waals surface area contributed by atoms with Crippen LogP contribution in [0.1, 0.15) is 118 Å². The monoisotopic (exact) mass is 509 g/mol. The highest BCUT2D eigenvalue weighted by Crippen LogP contribution is 2.60. The number of rotatable bonds is 4. The molecule has 0 spiro atoms. The molecule has 3 aliphatic rings. The van der Waals surface area contributed by atoms with Crippen LogP contribution in [0.5, 0.6) is 5.75 Å². The van der Waals surface area contributed by atoms with Crippen molar-refractivity contribution in [2.45, 2.75) is 113 Å². The van der Waals surface area contributed by atoms with Gasteiger partial charge < -0.3 is 10.5 Å². The zero-order valence-corrected chi connectivity index (χ0v) is 24.9. The van der Waals surface area contributed by atoms with Crippen molar-refractivity contribution in [3.63, 3.8) is 0 Å². The van der Waals surface area contributed by atoms with E-state index in [1.807, 2.05) is 20.8 Å². The quantitative estimate of drug-likeness (QED) is 0.253. The Kier molecular flexibility index (Phi) is 10.5. The van der Waals surface area contributed by atoms with Crippen LogP contribution in [0, 0.1) is 46.3 Å². The molecule has 0 saturated heterocycles. The number of hydrogen-bond donors (Lipinski definition) is 1. The first-order chi connectivity index (χ1) is 17.0. The fraction of sp³-hybridized carbons (Fsp3) is 0.697. The first-order valence-electron chi connectivity index (χ1n) is 14.0. The smallest absolute Gasteiger partial charge is 0.152 e. The average molecular weight is 510 g/mol. The van der Waals surface area contributed by atoms with E-state index in [1.54, 1.807) is 18.2 Å². The summed E-state index contributed by atoms with van der Waals surface area (Å²) in [5, 5.41) is 0. The summed E-state index contributed by atoms with van der Waals surface area (Å²) >= 11 is 0. The third-order valence-corrected chi connectivity index (χ3v) is 7.01. The molecule has 2 N–H and O–H groups in total. The molecule has 0 heterocycles. The van der Waals surface area contributed by atoms with Crippen molar-refractivity contribution in [1.82, 2.24) is 0 Å². The van der Waals surface area contributed by atoms with Gasteiger partial charge in [0, 0.05) is 42.5 Å². The molecule has 1 aromatic rings. The number of Topliss-reactive ketones (excluding diaryl/α,β-unsaturated/α-hetero) is 1. The Bertz CT molecular complexity index is 956. The van der Waals surface area contributed by atoms with Gasteiger partial charge in [-0.2, -0.15) is 0 Å². The second-order valence-corrected chi connectivity index (χ2v) is 14.3. The summed E-state index contributed by atoms with van der Waals surface area (Å²) in [5.41, 5.74) is 7.04. The van der Waals surface area contributed by atoms with Gasteiger partial charge in [0.1, 0.15) is 17.1 Å². The molecule has 4 heteroatoms. The van der Waals surface area contributed by atoms with Crippen LogP contribution >= 0.6 is 0 Å². The van der Waals surface area contributed by atoms with E-state index >= 15 is 0 Å². The third kappa shape index (κ3) is 11.3. The molecule has 2 atom stereocenters. The molecule has 0 radical (unpaired) electrons. The predicted octanol–water partition coefficient (Wildman–Crippen LogP) is 8.13. The molecule has 2 saturated carbocycles. The van der Waals surface area contributed by atoms with Crippen LogP contribution in [-0.4, -0.2) is 17.7 Å². The Hall–Kier alpha value is -2.28. The highest BCUT2D eigenvalue weighted by molar-refractivity contribution is 5.84. The Morgan fingerprint density at radius 2 is 1.49 bits per heavy atom. The van der Waals surface area contributed by atoms with Crippen molar-refractivity contribution in [1.29, 1.82) is 0 Å². The van der Waals surface area contributed by atoms with Crippen molar-refractivity contribution in [2.75, 3.05) is 5.73 Å². The largest absolute Gasteiger partial charge is 0.488 e. The Morgan fingerprint density at radius 3 is 1.86 bits per heavy atom. The number of nitrogens with two attached hydrogens (primary N) is 1. The number of hydrogen-bond acceptors (Lipinski definition) is 4.